The van der Waals surface area contributed by atoms with Crippen LogP contribution in [0.5, 0.6) is 0 Å². The summed E-state index contributed by atoms with van der Waals surface area (Å²) in [5.74, 6) is 1.84. The Labute approximate surface area is 144 Å². The largest absolute Gasteiger partial charge is 0.270 e. The zero-order valence-corrected chi connectivity index (χ0v) is 14.4. The van der Waals surface area contributed by atoms with Gasteiger partial charge in [-0.2, -0.15) is 0 Å². The molecule has 0 fully saturated rings. The summed E-state index contributed by atoms with van der Waals surface area (Å²) >= 11 is 7.74. The number of hydrogen-bond donors (Lipinski definition) is 0. The summed E-state index contributed by atoms with van der Waals surface area (Å²) < 4.78 is 2.08. The first-order valence-electron chi connectivity index (χ1n) is 7.54. The molecule has 2 aromatic heterocycles. The number of aromatic nitrogens is 4. The fraction of sp³-hybridized carbons (Fsp3) is 0.235. The van der Waals surface area contributed by atoms with E-state index in [4.69, 9.17) is 11.6 Å². The SMILES string of the molecule is CCCCSc1nnc(-c2ccncc2)n1-c1ccc(Cl)cc1. The molecular formula is C17H17ClN4S. The summed E-state index contributed by atoms with van der Waals surface area (Å²) in [6, 6.07) is 11.6. The number of hydrogen-bond acceptors (Lipinski definition) is 4. The van der Waals surface area contributed by atoms with Crippen molar-refractivity contribution in [1.82, 2.24) is 19.7 Å². The molecule has 0 spiro atoms. The Kier molecular flexibility index (Phi) is 5.31. The van der Waals surface area contributed by atoms with Crippen molar-refractivity contribution < 1.29 is 0 Å². The number of halogens is 1. The lowest BCUT2D eigenvalue weighted by atomic mass is 10.2. The van der Waals surface area contributed by atoms with Crippen molar-refractivity contribution in [2.45, 2.75) is 24.9 Å². The summed E-state index contributed by atoms with van der Waals surface area (Å²) in [5.41, 5.74) is 2.00. The van der Waals surface area contributed by atoms with Crippen LogP contribution in [0.3, 0.4) is 0 Å². The van der Waals surface area contributed by atoms with Gasteiger partial charge >= 0.3 is 0 Å². The average Bonchev–Trinajstić information content (AvgIpc) is 3.00. The Morgan fingerprint density at radius 2 is 1.78 bits per heavy atom. The highest BCUT2D eigenvalue weighted by atomic mass is 35.5. The molecule has 0 aliphatic carbocycles. The minimum atomic E-state index is 0.715. The molecule has 6 heteroatoms. The van der Waals surface area contributed by atoms with Crippen LogP contribution in [-0.4, -0.2) is 25.5 Å². The summed E-state index contributed by atoms with van der Waals surface area (Å²) in [7, 11) is 0. The van der Waals surface area contributed by atoms with Gasteiger partial charge in [-0.1, -0.05) is 36.7 Å². The van der Waals surface area contributed by atoms with Crippen LogP contribution >= 0.6 is 23.4 Å². The third-order valence-corrected chi connectivity index (χ3v) is 4.65. The van der Waals surface area contributed by atoms with Crippen LogP contribution in [0.1, 0.15) is 19.8 Å². The van der Waals surface area contributed by atoms with Crippen molar-refractivity contribution in [2.24, 2.45) is 0 Å². The van der Waals surface area contributed by atoms with Gasteiger partial charge in [0.15, 0.2) is 11.0 Å². The summed E-state index contributed by atoms with van der Waals surface area (Å²) in [6.07, 6.45) is 5.85. The number of thioether (sulfide) groups is 1. The summed E-state index contributed by atoms with van der Waals surface area (Å²) in [5, 5.41) is 10.4. The number of pyridine rings is 1. The van der Waals surface area contributed by atoms with E-state index >= 15 is 0 Å². The molecule has 118 valence electrons. The Morgan fingerprint density at radius 1 is 1.04 bits per heavy atom. The van der Waals surface area contributed by atoms with Gasteiger partial charge in [-0.3, -0.25) is 9.55 Å². The second-order valence-corrected chi connectivity index (χ2v) is 6.55. The van der Waals surface area contributed by atoms with E-state index in [2.05, 4.69) is 26.7 Å². The molecular weight excluding hydrogens is 328 g/mol. The second kappa shape index (κ2) is 7.62. The minimum Gasteiger partial charge on any atom is -0.270 e. The van der Waals surface area contributed by atoms with Crippen LogP contribution in [0.4, 0.5) is 0 Å². The maximum Gasteiger partial charge on any atom is 0.196 e. The second-order valence-electron chi connectivity index (χ2n) is 5.06. The van der Waals surface area contributed by atoms with Crippen molar-refractivity contribution in [2.75, 3.05) is 5.75 Å². The van der Waals surface area contributed by atoms with E-state index in [9.17, 15) is 0 Å². The minimum absolute atomic E-state index is 0.715. The Hall–Kier alpha value is -1.85. The average molecular weight is 345 g/mol. The van der Waals surface area contributed by atoms with E-state index in [0.29, 0.717) is 5.02 Å². The predicted molar refractivity (Wildman–Crippen MR) is 95.2 cm³/mol. The van der Waals surface area contributed by atoms with E-state index < -0.39 is 0 Å². The third kappa shape index (κ3) is 3.74. The van der Waals surface area contributed by atoms with Crippen molar-refractivity contribution >= 4 is 23.4 Å². The number of benzene rings is 1. The molecule has 0 saturated heterocycles. The zero-order valence-electron chi connectivity index (χ0n) is 12.8. The first-order valence-corrected chi connectivity index (χ1v) is 8.90. The third-order valence-electron chi connectivity index (χ3n) is 3.39. The maximum absolute atomic E-state index is 6.02. The first kappa shape index (κ1) is 16.0. The van der Waals surface area contributed by atoms with Gasteiger partial charge in [0.05, 0.1) is 0 Å². The number of unbranched alkanes of at least 4 members (excludes halogenated alkanes) is 1. The Balaban J connectivity index is 2.04. The molecule has 3 aromatic rings. The lowest BCUT2D eigenvalue weighted by molar-refractivity contribution is 0.865. The van der Waals surface area contributed by atoms with Gasteiger partial charge in [-0.25, -0.2) is 0 Å². The van der Waals surface area contributed by atoms with Gasteiger partial charge in [0.25, 0.3) is 0 Å². The molecule has 0 aliphatic heterocycles. The van der Waals surface area contributed by atoms with E-state index in [1.54, 1.807) is 24.2 Å². The van der Waals surface area contributed by atoms with E-state index in [1.165, 1.54) is 6.42 Å². The first-order chi connectivity index (χ1) is 11.3. The van der Waals surface area contributed by atoms with E-state index in [0.717, 1.165) is 34.4 Å². The summed E-state index contributed by atoms with van der Waals surface area (Å²) in [6.45, 7) is 2.19. The molecule has 23 heavy (non-hydrogen) atoms. The van der Waals surface area contributed by atoms with Crippen LogP contribution < -0.4 is 0 Å². The molecule has 0 N–H and O–H groups in total. The van der Waals surface area contributed by atoms with Gasteiger partial charge in [0.1, 0.15) is 0 Å². The highest BCUT2D eigenvalue weighted by Crippen LogP contribution is 2.28. The molecule has 0 aliphatic rings. The quantitative estimate of drug-likeness (QED) is 0.472. The Morgan fingerprint density at radius 3 is 2.48 bits per heavy atom. The van der Waals surface area contributed by atoms with Crippen LogP contribution in [0.2, 0.25) is 5.02 Å². The molecule has 0 unspecified atom stereocenters. The lowest BCUT2D eigenvalue weighted by Crippen LogP contribution is -2.00. The van der Waals surface area contributed by atoms with E-state index in [1.807, 2.05) is 36.4 Å². The van der Waals surface area contributed by atoms with Crippen LogP contribution in [0, 0.1) is 0 Å². The monoisotopic (exact) mass is 344 g/mol. The topological polar surface area (TPSA) is 43.6 Å². The molecule has 4 nitrogen and oxygen atoms in total. The maximum atomic E-state index is 6.02. The molecule has 0 atom stereocenters. The lowest BCUT2D eigenvalue weighted by Gasteiger charge is -2.10. The highest BCUT2D eigenvalue weighted by molar-refractivity contribution is 7.99. The number of rotatable bonds is 6. The van der Waals surface area contributed by atoms with Crippen LogP contribution in [0.15, 0.2) is 53.9 Å². The highest BCUT2D eigenvalue weighted by Gasteiger charge is 2.15. The predicted octanol–water partition coefficient (Wildman–Crippen LogP) is 4.87. The van der Waals surface area contributed by atoms with Gasteiger partial charge < -0.3 is 0 Å². The van der Waals surface area contributed by atoms with Crippen molar-refractivity contribution in [1.29, 1.82) is 0 Å². The van der Waals surface area contributed by atoms with Crippen molar-refractivity contribution in [3.8, 4) is 17.1 Å². The van der Waals surface area contributed by atoms with Gasteiger partial charge in [0.2, 0.25) is 0 Å². The fourth-order valence-electron chi connectivity index (χ4n) is 2.18. The fourth-order valence-corrected chi connectivity index (χ4v) is 3.34. The Bertz CT molecular complexity index is 756. The molecule has 2 heterocycles. The molecule has 0 amide bonds. The summed E-state index contributed by atoms with van der Waals surface area (Å²) in [4.78, 5) is 4.07. The smallest absolute Gasteiger partial charge is 0.196 e. The van der Waals surface area contributed by atoms with Crippen LogP contribution in [0.25, 0.3) is 17.1 Å². The molecule has 0 bridgehead atoms. The van der Waals surface area contributed by atoms with Crippen molar-refractivity contribution in [3.63, 3.8) is 0 Å². The molecule has 1 aromatic carbocycles. The molecule has 0 radical (unpaired) electrons. The number of nitrogens with zero attached hydrogens (tertiary/aromatic N) is 4. The normalized spacial score (nSPS) is 10.9. The zero-order chi connectivity index (χ0) is 16.1. The van der Waals surface area contributed by atoms with Crippen molar-refractivity contribution in [3.05, 3.63) is 53.8 Å². The van der Waals surface area contributed by atoms with Gasteiger partial charge in [-0.15, -0.1) is 10.2 Å². The molecule has 3 rings (SSSR count). The van der Waals surface area contributed by atoms with Gasteiger partial charge in [0, 0.05) is 34.4 Å². The standard InChI is InChI=1S/C17H17ClN4S/c1-2-3-12-23-17-21-20-16(13-8-10-19-11-9-13)22(17)15-6-4-14(18)5-7-15/h4-11H,2-3,12H2,1H3. The molecule has 0 saturated carbocycles. The van der Waals surface area contributed by atoms with Crippen LogP contribution in [-0.2, 0) is 0 Å². The van der Waals surface area contributed by atoms with Gasteiger partial charge in [-0.05, 0) is 42.8 Å². The van der Waals surface area contributed by atoms with E-state index in [-0.39, 0.29) is 0 Å².